The second-order valence-electron chi connectivity index (χ2n) is 8.43. The molecular weight excluding hydrogens is 487 g/mol. The summed E-state index contributed by atoms with van der Waals surface area (Å²) in [5.74, 6) is 1.20. The van der Waals surface area contributed by atoms with E-state index in [0.29, 0.717) is 21.8 Å². The van der Waals surface area contributed by atoms with Crippen LogP contribution in [0.4, 0.5) is 34.5 Å². The third-order valence-electron chi connectivity index (χ3n) is 6.19. The summed E-state index contributed by atoms with van der Waals surface area (Å²) >= 11 is 12.6. The molecule has 1 aromatic heterocycles. The summed E-state index contributed by atoms with van der Waals surface area (Å²) in [4.78, 5) is 15.8. The molecule has 10 heteroatoms. The molecule has 2 aromatic carbocycles. The van der Waals surface area contributed by atoms with Crippen LogP contribution in [-0.2, 0) is 9.47 Å². The maximum atomic E-state index is 6.43. The number of nitrogens with one attached hydrogen (secondary N) is 1. The first-order valence-electron chi connectivity index (χ1n) is 11.7. The number of aromatic nitrogens is 2. The van der Waals surface area contributed by atoms with Crippen LogP contribution >= 0.6 is 23.2 Å². The minimum Gasteiger partial charge on any atom is -0.378 e. The number of nitrogens with zero attached hydrogens (tertiary/aromatic N) is 5. The minimum atomic E-state index is 0.484. The lowest BCUT2D eigenvalue weighted by atomic mass is 10.2. The Labute approximate surface area is 215 Å². The van der Waals surface area contributed by atoms with Crippen LogP contribution in [0.5, 0.6) is 0 Å². The summed E-state index contributed by atoms with van der Waals surface area (Å²) < 4.78 is 11.1. The van der Waals surface area contributed by atoms with Crippen molar-refractivity contribution in [3.05, 3.63) is 58.7 Å². The Balaban J connectivity index is 1.43. The van der Waals surface area contributed by atoms with E-state index in [0.717, 1.165) is 75.4 Å². The molecule has 184 valence electrons. The molecule has 2 aliphatic heterocycles. The number of hydrogen-bond acceptors (Lipinski definition) is 8. The fraction of sp³-hybridized carbons (Fsp3) is 0.360. The van der Waals surface area contributed by atoms with Gasteiger partial charge in [0.2, 0.25) is 5.95 Å². The van der Waals surface area contributed by atoms with E-state index in [-0.39, 0.29) is 0 Å². The van der Waals surface area contributed by atoms with Crippen LogP contribution in [0.15, 0.2) is 48.7 Å². The fourth-order valence-corrected chi connectivity index (χ4v) is 4.70. The van der Waals surface area contributed by atoms with E-state index in [9.17, 15) is 0 Å². The number of benzene rings is 2. The van der Waals surface area contributed by atoms with Gasteiger partial charge in [-0.25, -0.2) is 4.98 Å². The molecular formula is C25H28Cl2N6O2. The molecule has 1 N–H and O–H groups in total. The first-order valence-corrected chi connectivity index (χ1v) is 12.4. The van der Waals surface area contributed by atoms with Crippen molar-refractivity contribution in [2.24, 2.45) is 0 Å². The maximum Gasteiger partial charge on any atom is 0.229 e. The molecule has 35 heavy (non-hydrogen) atoms. The monoisotopic (exact) mass is 514 g/mol. The molecule has 5 rings (SSSR count). The summed E-state index contributed by atoms with van der Waals surface area (Å²) in [6.07, 6.45) is 1.73. The smallest absolute Gasteiger partial charge is 0.229 e. The Bertz CT molecular complexity index is 1130. The molecule has 2 saturated heterocycles. The standard InChI is InChI=1S/C25H28Cl2N6O2/c1-31(22-4-2-3-21(26)24(22)27)23-5-6-28-25(30-23)29-18-15-19(32-7-11-34-12-8-32)17-20(16-18)33-9-13-35-14-10-33/h2-6,15-17H,7-14H2,1H3,(H,28,29,30). The highest BCUT2D eigenvalue weighted by Gasteiger charge is 2.18. The van der Waals surface area contributed by atoms with Crippen LogP contribution in [0.2, 0.25) is 10.0 Å². The molecule has 0 saturated carbocycles. The number of anilines is 6. The van der Waals surface area contributed by atoms with Crippen molar-refractivity contribution in [2.75, 3.05) is 79.7 Å². The van der Waals surface area contributed by atoms with E-state index in [4.69, 9.17) is 37.7 Å². The van der Waals surface area contributed by atoms with Crippen molar-refractivity contribution in [1.82, 2.24) is 9.97 Å². The van der Waals surface area contributed by atoms with Crippen LogP contribution < -0.4 is 20.0 Å². The Kier molecular flexibility index (Phi) is 7.43. The number of ether oxygens (including phenoxy) is 2. The second kappa shape index (κ2) is 10.9. The highest BCUT2D eigenvalue weighted by atomic mass is 35.5. The largest absolute Gasteiger partial charge is 0.378 e. The van der Waals surface area contributed by atoms with Crippen LogP contribution in [-0.4, -0.2) is 69.6 Å². The molecule has 2 fully saturated rings. The normalized spacial score (nSPS) is 16.3. The maximum absolute atomic E-state index is 6.43. The zero-order valence-corrected chi connectivity index (χ0v) is 21.1. The average Bonchev–Trinajstić information content (AvgIpc) is 2.91. The molecule has 8 nitrogen and oxygen atoms in total. The SMILES string of the molecule is CN(c1ccnc(Nc2cc(N3CCOCC3)cc(N3CCOCC3)c2)n1)c1cccc(Cl)c1Cl. The number of rotatable bonds is 6. The first-order chi connectivity index (χ1) is 17.1. The Hall–Kier alpha value is -2.78. The summed E-state index contributed by atoms with van der Waals surface area (Å²) in [5, 5.41) is 4.40. The van der Waals surface area contributed by atoms with Gasteiger partial charge in [-0.2, -0.15) is 4.98 Å². The van der Waals surface area contributed by atoms with Gasteiger partial charge in [-0.3, -0.25) is 0 Å². The molecule has 2 aliphatic rings. The lowest BCUT2D eigenvalue weighted by molar-refractivity contribution is 0.122. The summed E-state index contributed by atoms with van der Waals surface area (Å²) in [6, 6.07) is 13.9. The van der Waals surface area contributed by atoms with E-state index in [2.05, 4.69) is 38.3 Å². The van der Waals surface area contributed by atoms with Crippen molar-refractivity contribution in [3.8, 4) is 0 Å². The van der Waals surface area contributed by atoms with Gasteiger partial charge >= 0.3 is 0 Å². The molecule has 0 aliphatic carbocycles. The highest BCUT2D eigenvalue weighted by Crippen LogP contribution is 2.35. The van der Waals surface area contributed by atoms with Crippen molar-refractivity contribution in [2.45, 2.75) is 0 Å². The molecule has 0 spiro atoms. The third-order valence-corrected chi connectivity index (χ3v) is 7.00. The van der Waals surface area contributed by atoms with Crippen LogP contribution in [0, 0.1) is 0 Å². The quantitative estimate of drug-likeness (QED) is 0.494. The van der Waals surface area contributed by atoms with E-state index in [1.807, 2.05) is 30.1 Å². The number of hydrogen-bond donors (Lipinski definition) is 1. The number of morpholine rings is 2. The Morgan fingerprint density at radius 1 is 0.886 bits per heavy atom. The van der Waals surface area contributed by atoms with Gasteiger partial charge in [0.1, 0.15) is 5.82 Å². The van der Waals surface area contributed by atoms with Crippen LogP contribution in [0.3, 0.4) is 0 Å². The minimum absolute atomic E-state index is 0.484. The topological polar surface area (TPSA) is 66.0 Å². The van der Waals surface area contributed by atoms with Crippen molar-refractivity contribution < 1.29 is 9.47 Å². The van der Waals surface area contributed by atoms with Gasteiger partial charge in [-0.05, 0) is 36.4 Å². The fourth-order valence-electron chi connectivity index (χ4n) is 4.28. The van der Waals surface area contributed by atoms with Gasteiger partial charge in [0, 0.05) is 56.5 Å². The zero-order chi connectivity index (χ0) is 24.2. The Morgan fingerprint density at radius 3 is 2.14 bits per heavy atom. The predicted molar refractivity (Wildman–Crippen MR) is 142 cm³/mol. The molecule has 0 bridgehead atoms. The van der Waals surface area contributed by atoms with Crippen LogP contribution in [0.1, 0.15) is 0 Å². The van der Waals surface area contributed by atoms with Gasteiger partial charge in [-0.1, -0.05) is 29.3 Å². The first kappa shape index (κ1) is 23.9. The predicted octanol–water partition coefficient (Wildman–Crippen LogP) is 4.97. The zero-order valence-electron chi connectivity index (χ0n) is 19.6. The molecule has 3 heterocycles. The third kappa shape index (κ3) is 5.56. The van der Waals surface area contributed by atoms with Crippen LogP contribution in [0.25, 0.3) is 0 Å². The van der Waals surface area contributed by atoms with E-state index in [1.54, 1.807) is 12.3 Å². The summed E-state index contributed by atoms with van der Waals surface area (Å²) in [6.45, 7) is 6.38. The lowest BCUT2D eigenvalue weighted by Gasteiger charge is -2.33. The average molecular weight is 515 g/mol. The van der Waals surface area contributed by atoms with Gasteiger partial charge in [0.25, 0.3) is 0 Å². The van der Waals surface area contributed by atoms with E-state index < -0.39 is 0 Å². The van der Waals surface area contributed by atoms with E-state index >= 15 is 0 Å². The molecule has 0 amide bonds. The van der Waals surface area contributed by atoms with Crippen molar-refractivity contribution >= 4 is 57.7 Å². The molecule has 0 atom stereocenters. The highest BCUT2D eigenvalue weighted by molar-refractivity contribution is 6.43. The lowest BCUT2D eigenvalue weighted by Crippen LogP contribution is -2.38. The Morgan fingerprint density at radius 2 is 1.51 bits per heavy atom. The van der Waals surface area contributed by atoms with Gasteiger partial charge < -0.3 is 29.5 Å². The molecule has 0 radical (unpaired) electrons. The molecule has 3 aromatic rings. The van der Waals surface area contributed by atoms with Crippen molar-refractivity contribution in [1.29, 1.82) is 0 Å². The number of halogens is 2. The van der Waals surface area contributed by atoms with E-state index in [1.165, 1.54) is 0 Å². The summed E-state index contributed by atoms with van der Waals surface area (Å²) in [7, 11) is 1.90. The van der Waals surface area contributed by atoms with Gasteiger partial charge in [0.05, 0.1) is 42.2 Å². The van der Waals surface area contributed by atoms with Gasteiger partial charge in [-0.15, -0.1) is 0 Å². The van der Waals surface area contributed by atoms with Gasteiger partial charge in [0.15, 0.2) is 0 Å². The molecule has 0 unspecified atom stereocenters. The second-order valence-corrected chi connectivity index (χ2v) is 9.22. The summed E-state index contributed by atoms with van der Waals surface area (Å²) in [5.41, 5.74) is 4.00. The van der Waals surface area contributed by atoms with Crippen molar-refractivity contribution in [3.63, 3.8) is 0 Å².